The Labute approximate surface area is 103 Å². The quantitative estimate of drug-likeness (QED) is 0.600. The van der Waals surface area contributed by atoms with Gasteiger partial charge in [-0.3, -0.25) is 4.79 Å². The molecule has 0 bridgehead atoms. The number of benzene rings is 1. The molecule has 0 amide bonds. The maximum absolute atomic E-state index is 10.7. The van der Waals surface area contributed by atoms with Gasteiger partial charge < -0.3 is 20.9 Å². The molecule has 0 aliphatic rings. The first-order valence-electron chi connectivity index (χ1n) is 5.35. The first kappa shape index (κ1) is 12.0. The smallest absolute Gasteiger partial charge is 0.320 e. The lowest BCUT2D eigenvalue weighted by atomic mass is 10.0. The molecule has 5 N–H and O–H groups in total. The second kappa shape index (κ2) is 4.82. The Morgan fingerprint density at radius 2 is 2.28 bits per heavy atom. The lowest BCUT2D eigenvalue weighted by molar-refractivity contribution is -0.138. The van der Waals surface area contributed by atoms with Crippen LogP contribution in [0.15, 0.2) is 24.4 Å². The molecule has 1 aromatic heterocycles. The SMILES string of the molecule is N[C@@H](Cc1c[nH]c2ccc(C#CO)cc12)C(=O)O. The average molecular weight is 244 g/mol. The largest absolute Gasteiger partial charge is 0.480 e. The van der Waals surface area contributed by atoms with Gasteiger partial charge in [-0.2, -0.15) is 0 Å². The van der Waals surface area contributed by atoms with E-state index in [9.17, 15) is 4.79 Å². The molecule has 0 spiro atoms. The number of carboxylic acids is 1. The Morgan fingerprint density at radius 3 is 2.94 bits per heavy atom. The molecule has 1 heterocycles. The Morgan fingerprint density at radius 1 is 1.50 bits per heavy atom. The molecule has 0 aliphatic carbocycles. The highest BCUT2D eigenvalue weighted by atomic mass is 16.4. The number of aliphatic hydroxyl groups excluding tert-OH is 1. The van der Waals surface area contributed by atoms with E-state index in [0.29, 0.717) is 5.56 Å². The first-order valence-corrected chi connectivity index (χ1v) is 5.35. The number of aliphatic carboxylic acids is 1. The van der Waals surface area contributed by atoms with Crippen LogP contribution < -0.4 is 5.73 Å². The zero-order chi connectivity index (χ0) is 13.1. The van der Waals surface area contributed by atoms with Crippen LogP contribution in [-0.2, 0) is 11.2 Å². The van der Waals surface area contributed by atoms with Crippen LogP contribution in [0.5, 0.6) is 0 Å². The average Bonchev–Trinajstić information content (AvgIpc) is 2.72. The number of fused-ring (bicyclic) bond motifs is 1. The van der Waals surface area contributed by atoms with Crippen LogP contribution in [0.3, 0.4) is 0 Å². The number of rotatable bonds is 3. The lowest BCUT2D eigenvalue weighted by Crippen LogP contribution is -2.32. The fourth-order valence-electron chi connectivity index (χ4n) is 1.81. The molecule has 0 saturated carbocycles. The van der Waals surface area contributed by atoms with Crippen molar-refractivity contribution >= 4 is 16.9 Å². The van der Waals surface area contributed by atoms with Crippen molar-refractivity contribution in [3.05, 3.63) is 35.5 Å². The zero-order valence-corrected chi connectivity index (χ0v) is 9.47. The Hall–Kier alpha value is -2.45. The number of nitrogens with two attached hydrogens (primary N) is 1. The summed E-state index contributed by atoms with van der Waals surface area (Å²) in [5.41, 5.74) is 7.88. The Balaban J connectivity index is 2.41. The number of carboxylic acid groups (broad SMARTS) is 1. The molecule has 0 radical (unpaired) electrons. The van der Waals surface area contributed by atoms with E-state index in [4.69, 9.17) is 15.9 Å². The summed E-state index contributed by atoms with van der Waals surface area (Å²) >= 11 is 0. The molecule has 0 fully saturated rings. The minimum absolute atomic E-state index is 0.241. The van der Waals surface area contributed by atoms with Crippen molar-refractivity contribution in [2.24, 2.45) is 5.73 Å². The van der Waals surface area contributed by atoms with Gasteiger partial charge in [0.05, 0.1) is 0 Å². The van der Waals surface area contributed by atoms with Crippen molar-refractivity contribution in [2.75, 3.05) is 0 Å². The summed E-state index contributed by atoms with van der Waals surface area (Å²) in [6.45, 7) is 0. The number of hydrogen-bond donors (Lipinski definition) is 4. The van der Waals surface area contributed by atoms with Crippen LogP contribution >= 0.6 is 0 Å². The molecule has 2 aromatic rings. The highest BCUT2D eigenvalue weighted by Crippen LogP contribution is 2.20. The van der Waals surface area contributed by atoms with Crippen molar-refractivity contribution in [3.8, 4) is 12.0 Å². The van der Waals surface area contributed by atoms with Crippen molar-refractivity contribution in [1.29, 1.82) is 0 Å². The maximum Gasteiger partial charge on any atom is 0.320 e. The van der Waals surface area contributed by atoms with Gasteiger partial charge in [0, 0.05) is 29.1 Å². The van der Waals surface area contributed by atoms with Crippen LogP contribution in [0, 0.1) is 12.0 Å². The Bertz CT molecular complexity index is 649. The van der Waals surface area contributed by atoms with Gasteiger partial charge in [-0.1, -0.05) is 0 Å². The van der Waals surface area contributed by atoms with Gasteiger partial charge in [-0.05, 0) is 29.7 Å². The minimum Gasteiger partial charge on any atom is -0.480 e. The third kappa shape index (κ3) is 2.29. The Kier molecular flexibility index (Phi) is 3.22. The van der Waals surface area contributed by atoms with Gasteiger partial charge in [0.25, 0.3) is 0 Å². The van der Waals surface area contributed by atoms with Crippen molar-refractivity contribution in [3.63, 3.8) is 0 Å². The number of aromatic nitrogens is 1. The van der Waals surface area contributed by atoms with Gasteiger partial charge >= 0.3 is 5.97 Å². The van der Waals surface area contributed by atoms with Gasteiger partial charge in [0.1, 0.15) is 12.1 Å². The third-order valence-corrected chi connectivity index (χ3v) is 2.72. The third-order valence-electron chi connectivity index (χ3n) is 2.72. The topological polar surface area (TPSA) is 99.3 Å². The van der Waals surface area contributed by atoms with Gasteiger partial charge in [-0.15, -0.1) is 0 Å². The molecular weight excluding hydrogens is 232 g/mol. The number of hydrogen-bond acceptors (Lipinski definition) is 3. The number of carbonyl (C=O) groups is 1. The second-order valence-corrected chi connectivity index (χ2v) is 3.96. The second-order valence-electron chi connectivity index (χ2n) is 3.96. The molecule has 0 unspecified atom stereocenters. The summed E-state index contributed by atoms with van der Waals surface area (Å²) in [4.78, 5) is 13.8. The van der Waals surface area contributed by atoms with Crippen LogP contribution in [-0.4, -0.2) is 27.2 Å². The number of H-pyrrole nitrogens is 1. The number of aliphatic hydroxyl groups is 1. The van der Waals surface area contributed by atoms with Gasteiger partial charge in [0.2, 0.25) is 0 Å². The maximum atomic E-state index is 10.7. The zero-order valence-electron chi connectivity index (χ0n) is 9.47. The molecule has 2 rings (SSSR count). The standard InChI is InChI=1S/C13H12N2O3/c14-11(13(17)18)6-9-7-15-12-2-1-8(3-4-16)5-10(9)12/h1-2,5,7,11,15-16H,6,14H2,(H,17,18)/t11-/m0/s1. The molecule has 18 heavy (non-hydrogen) atoms. The fourth-order valence-corrected chi connectivity index (χ4v) is 1.81. The normalized spacial score (nSPS) is 11.8. The summed E-state index contributed by atoms with van der Waals surface area (Å²) in [5, 5.41) is 18.2. The first-order chi connectivity index (χ1) is 8.61. The van der Waals surface area contributed by atoms with E-state index in [1.165, 1.54) is 0 Å². The van der Waals surface area contributed by atoms with Crippen molar-refractivity contribution in [2.45, 2.75) is 12.5 Å². The number of nitrogens with one attached hydrogen (secondary N) is 1. The summed E-state index contributed by atoms with van der Waals surface area (Å²) < 4.78 is 0. The van der Waals surface area contributed by atoms with Crippen LogP contribution in [0.4, 0.5) is 0 Å². The van der Waals surface area contributed by atoms with E-state index in [2.05, 4.69) is 10.9 Å². The van der Waals surface area contributed by atoms with E-state index in [-0.39, 0.29) is 6.42 Å². The van der Waals surface area contributed by atoms with E-state index < -0.39 is 12.0 Å². The molecule has 5 nitrogen and oxygen atoms in total. The monoisotopic (exact) mass is 244 g/mol. The van der Waals surface area contributed by atoms with Crippen molar-refractivity contribution < 1.29 is 15.0 Å². The molecule has 92 valence electrons. The van der Waals surface area contributed by atoms with E-state index >= 15 is 0 Å². The minimum atomic E-state index is -1.03. The van der Waals surface area contributed by atoms with Crippen molar-refractivity contribution in [1.82, 2.24) is 4.98 Å². The predicted molar refractivity (Wildman–Crippen MR) is 66.4 cm³/mol. The van der Waals surface area contributed by atoms with Gasteiger partial charge in [0.15, 0.2) is 0 Å². The highest BCUT2D eigenvalue weighted by molar-refractivity contribution is 5.85. The molecule has 1 atom stereocenters. The fraction of sp³-hybridized carbons (Fsp3) is 0.154. The molecular formula is C13H12N2O3. The summed E-state index contributed by atoms with van der Waals surface area (Å²) in [5.74, 6) is 1.51. The molecule has 5 heteroatoms. The molecule has 1 aromatic carbocycles. The summed E-state index contributed by atoms with van der Waals surface area (Å²) in [6.07, 6.45) is 3.82. The summed E-state index contributed by atoms with van der Waals surface area (Å²) in [6, 6.07) is 4.45. The van der Waals surface area contributed by atoms with E-state index in [0.717, 1.165) is 16.5 Å². The van der Waals surface area contributed by atoms with Crippen LogP contribution in [0.2, 0.25) is 0 Å². The molecule has 0 aliphatic heterocycles. The molecule has 0 saturated heterocycles. The number of aromatic amines is 1. The van der Waals surface area contributed by atoms with E-state index in [1.807, 2.05) is 12.2 Å². The van der Waals surface area contributed by atoms with Crippen LogP contribution in [0.25, 0.3) is 10.9 Å². The lowest BCUT2D eigenvalue weighted by Gasteiger charge is -2.04. The summed E-state index contributed by atoms with van der Waals surface area (Å²) in [7, 11) is 0. The van der Waals surface area contributed by atoms with Crippen LogP contribution in [0.1, 0.15) is 11.1 Å². The van der Waals surface area contributed by atoms with Gasteiger partial charge in [-0.25, -0.2) is 0 Å². The highest BCUT2D eigenvalue weighted by Gasteiger charge is 2.14. The van der Waals surface area contributed by atoms with E-state index in [1.54, 1.807) is 18.3 Å². The predicted octanol–water partition coefficient (Wildman–Crippen LogP) is 0.804.